The number of methoxy groups -OCH3 is 2. The number of halogens is 5. The molecule has 1 atom stereocenters. The van der Waals surface area contributed by atoms with E-state index in [4.69, 9.17) is 9.47 Å². The van der Waals surface area contributed by atoms with Crippen molar-refractivity contribution in [3.63, 3.8) is 0 Å². The predicted molar refractivity (Wildman–Crippen MR) is 87.2 cm³/mol. The number of hydrogen-bond donors (Lipinski definition) is 0. The van der Waals surface area contributed by atoms with Crippen LogP contribution in [0.15, 0.2) is 28.1 Å². The summed E-state index contributed by atoms with van der Waals surface area (Å²) in [5, 5.41) is 9.93. The van der Waals surface area contributed by atoms with Gasteiger partial charge < -0.3 is 14.0 Å². The van der Waals surface area contributed by atoms with E-state index in [0.717, 1.165) is 12.1 Å². The molecule has 2 rings (SSSR count). The van der Waals surface area contributed by atoms with Crippen LogP contribution in [0.3, 0.4) is 0 Å². The van der Waals surface area contributed by atoms with Crippen LogP contribution in [0.25, 0.3) is 6.08 Å². The summed E-state index contributed by atoms with van der Waals surface area (Å²) in [5.74, 6) is -11.3. The molecule has 0 aliphatic carbocycles. The molecule has 0 amide bonds. The maximum Gasteiger partial charge on any atom is 0.446 e. The van der Waals surface area contributed by atoms with Crippen molar-refractivity contribution in [3.8, 4) is 11.5 Å². The molecule has 0 radical (unpaired) electrons. The lowest BCUT2D eigenvalue weighted by Gasteiger charge is -2.11. The second-order valence-electron chi connectivity index (χ2n) is 5.01. The lowest BCUT2D eigenvalue weighted by molar-refractivity contribution is -0.410. The van der Waals surface area contributed by atoms with Gasteiger partial charge in [-0.1, -0.05) is 0 Å². The molecule has 0 bridgehead atoms. The quantitative estimate of drug-likeness (QED) is 0.176. The summed E-state index contributed by atoms with van der Waals surface area (Å²) in [6, 6.07) is 3.51. The van der Waals surface area contributed by atoms with Crippen molar-refractivity contribution < 1.29 is 40.9 Å². The highest BCUT2D eigenvalue weighted by Crippen LogP contribution is 2.33. The molecule has 0 spiro atoms. The number of nitro groups is 1. The van der Waals surface area contributed by atoms with E-state index in [1.54, 1.807) is 0 Å². The highest BCUT2D eigenvalue weighted by Gasteiger charge is 2.34. The van der Waals surface area contributed by atoms with Crippen LogP contribution in [0.4, 0.5) is 22.0 Å². The Labute approximate surface area is 157 Å². The van der Waals surface area contributed by atoms with Gasteiger partial charge in [-0.15, -0.1) is 0 Å². The fraction of sp³-hybridized carbons (Fsp3) is 0.125. The molecule has 0 saturated carbocycles. The second kappa shape index (κ2) is 8.44. The third kappa shape index (κ3) is 3.87. The van der Waals surface area contributed by atoms with Gasteiger partial charge in [-0.25, -0.2) is 22.0 Å². The minimum Gasteiger partial charge on any atom is -0.602 e. The summed E-state index contributed by atoms with van der Waals surface area (Å²) in [4.78, 5) is 9.75. The molecular weight excluding hydrogens is 413 g/mol. The summed E-state index contributed by atoms with van der Waals surface area (Å²) in [6.07, 6.45) is 0.0308. The molecule has 12 heteroatoms. The number of benzene rings is 2. The first-order valence-corrected chi connectivity index (χ1v) is 8.30. The largest absolute Gasteiger partial charge is 0.602 e. The molecule has 0 N–H and O–H groups in total. The van der Waals surface area contributed by atoms with Gasteiger partial charge in [-0.2, -0.15) is 0 Å². The first-order valence-electron chi connectivity index (χ1n) is 7.15. The van der Waals surface area contributed by atoms with E-state index in [9.17, 15) is 36.6 Å². The van der Waals surface area contributed by atoms with E-state index >= 15 is 0 Å². The zero-order valence-corrected chi connectivity index (χ0v) is 14.9. The Morgan fingerprint density at radius 2 is 1.46 bits per heavy atom. The van der Waals surface area contributed by atoms with Gasteiger partial charge in [-0.3, -0.25) is 10.1 Å². The summed E-state index contributed by atoms with van der Waals surface area (Å²) in [5.41, 5.74) is -1.59. The van der Waals surface area contributed by atoms with E-state index in [1.165, 1.54) is 20.3 Å². The zero-order valence-electron chi connectivity index (χ0n) is 14.1. The SMILES string of the molecule is COc1ccc([S+]([O-])/C(=C\c2c(F)c(F)c(F)c(F)c2F)[N+](=O)[O-])cc1OC. The molecule has 0 aromatic heterocycles. The molecular formula is C16H10F5NO5S. The van der Waals surface area contributed by atoms with Gasteiger partial charge in [0.2, 0.25) is 5.82 Å². The summed E-state index contributed by atoms with van der Waals surface area (Å²) >= 11 is -2.65. The molecule has 150 valence electrons. The molecule has 6 nitrogen and oxygen atoms in total. The van der Waals surface area contributed by atoms with Crippen LogP contribution in [-0.4, -0.2) is 23.7 Å². The Kier molecular flexibility index (Phi) is 6.46. The lowest BCUT2D eigenvalue weighted by atomic mass is 10.1. The third-order valence-electron chi connectivity index (χ3n) is 3.45. The molecule has 2 aromatic rings. The Balaban J connectivity index is 2.63. The normalized spacial score (nSPS) is 12.6. The molecule has 0 saturated heterocycles. The van der Waals surface area contributed by atoms with Crippen molar-refractivity contribution in [3.05, 3.63) is 68.0 Å². The standard InChI is InChI=1S/C16H10F5NO5S/c1-26-9-4-3-7(5-10(9)27-2)28(25)11(22(23)24)6-8-12(17)14(19)16(21)15(20)13(8)18/h3-6H,1-2H3/b11-6-. The van der Waals surface area contributed by atoms with Crippen molar-refractivity contribution in [2.75, 3.05) is 14.2 Å². The number of rotatable bonds is 6. The molecule has 0 aliphatic rings. The van der Waals surface area contributed by atoms with E-state index < -0.39 is 55.8 Å². The molecule has 0 aliphatic heterocycles. The monoisotopic (exact) mass is 423 g/mol. The van der Waals surface area contributed by atoms with Gasteiger partial charge in [0.15, 0.2) is 39.7 Å². The van der Waals surface area contributed by atoms with Crippen molar-refractivity contribution in [1.82, 2.24) is 0 Å². The van der Waals surface area contributed by atoms with Gasteiger partial charge in [0.1, 0.15) is 4.92 Å². The number of ether oxygens (including phenoxy) is 2. The topological polar surface area (TPSA) is 84.7 Å². The zero-order chi connectivity index (χ0) is 21.2. The molecule has 0 heterocycles. The van der Waals surface area contributed by atoms with E-state index in [0.29, 0.717) is 0 Å². The third-order valence-corrected chi connectivity index (χ3v) is 4.78. The molecule has 28 heavy (non-hydrogen) atoms. The average molecular weight is 423 g/mol. The Hall–Kier alpha value is -2.86. The summed E-state index contributed by atoms with van der Waals surface area (Å²) < 4.78 is 89.7. The molecule has 2 aromatic carbocycles. The van der Waals surface area contributed by atoms with Crippen LogP contribution >= 0.6 is 0 Å². The Morgan fingerprint density at radius 1 is 0.964 bits per heavy atom. The number of nitrogens with zero attached hydrogens (tertiary/aromatic N) is 1. The highest BCUT2D eigenvalue weighted by molar-refractivity contribution is 7.95. The van der Waals surface area contributed by atoms with Crippen LogP contribution < -0.4 is 9.47 Å². The van der Waals surface area contributed by atoms with Gasteiger partial charge in [0, 0.05) is 6.07 Å². The van der Waals surface area contributed by atoms with Gasteiger partial charge in [0.05, 0.1) is 37.0 Å². The number of hydrogen-bond acceptors (Lipinski definition) is 5. The lowest BCUT2D eigenvalue weighted by Crippen LogP contribution is -2.14. The summed E-state index contributed by atoms with van der Waals surface area (Å²) in [7, 11) is 2.55. The minimum absolute atomic E-state index is 0.0308. The Morgan fingerprint density at radius 3 is 1.93 bits per heavy atom. The van der Waals surface area contributed by atoms with Crippen LogP contribution in [-0.2, 0) is 11.2 Å². The van der Waals surface area contributed by atoms with Gasteiger partial charge in [-0.05, 0) is 12.1 Å². The predicted octanol–water partition coefficient (Wildman–Crippen LogP) is 3.78. The van der Waals surface area contributed by atoms with Crippen molar-refractivity contribution in [1.29, 1.82) is 0 Å². The van der Waals surface area contributed by atoms with E-state index in [1.807, 2.05) is 0 Å². The van der Waals surface area contributed by atoms with Gasteiger partial charge >= 0.3 is 5.03 Å². The molecule has 0 fully saturated rings. The average Bonchev–Trinajstić information content (AvgIpc) is 2.69. The maximum atomic E-state index is 13.8. The van der Waals surface area contributed by atoms with Crippen molar-refractivity contribution in [2.45, 2.75) is 4.90 Å². The highest BCUT2D eigenvalue weighted by atomic mass is 32.2. The van der Waals surface area contributed by atoms with E-state index in [-0.39, 0.29) is 22.5 Å². The van der Waals surface area contributed by atoms with Gasteiger partial charge in [0.25, 0.3) is 0 Å². The van der Waals surface area contributed by atoms with Crippen molar-refractivity contribution in [2.24, 2.45) is 0 Å². The first-order chi connectivity index (χ1) is 13.1. The fourth-order valence-electron chi connectivity index (χ4n) is 2.10. The van der Waals surface area contributed by atoms with Crippen LogP contribution in [0, 0.1) is 39.2 Å². The Bertz CT molecular complexity index is 940. The van der Waals surface area contributed by atoms with Crippen LogP contribution in [0.1, 0.15) is 5.56 Å². The first kappa shape index (κ1) is 21.4. The van der Waals surface area contributed by atoms with Crippen LogP contribution in [0.5, 0.6) is 11.5 Å². The fourth-order valence-corrected chi connectivity index (χ4v) is 3.11. The van der Waals surface area contributed by atoms with Crippen molar-refractivity contribution >= 4 is 17.3 Å². The van der Waals surface area contributed by atoms with E-state index in [2.05, 4.69) is 0 Å². The smallest absolute Gasteiger partial charge is 0.446 e. The maximum absolute atomic E-state index is 13.8. The van der Waals surface area contributed by atoms with Crippen LogP contribution in [0.2, 0.25) is 0 Å². The minimum atomic E-state index is -2.65. The molecule has 1 unspecified atom stereocenters. The summed E-state index contributed by atoms with van der Waals surface area (Å²) in [6.45, 7) is 0. The second-order valence-corrected chi connectivity index (χ2v) is 6.44.